The van der Waals surface area contributed by atoms with Gasteiger partial charge in [-0.1, -0.05) is 22.0 Å². The van der Waals surface area contributed by atoms with Gasteiger partial charge in [-0.15, -0.1) is 8.78 Å². The number of hydrogen-bond donors (Lipinski definition) is 2. The molecule has 0 radical (unpaired) electrons. The second-order valence-corrected chi connectivity index (χ2v) is 9.23. The monoisotopic (exact) mass is 498 g/mol. The highest BCUT2D eigenvalue weighted by molar-refractivity contribution is 9.09. The lowest BCUT2D eigenvalue weighted by atomic mass is 9.70. The summed E-state index contributed by atoms with van der Waals surface area (Å²) in [6.07, 6.45) is 3.38. The molecule has 1 heterocycles. The fourth-order valence-electron chi connectivity index (χ4n) is 4.09. The molecule has 1 aliphatic heterocycles. The lowest BCUT2D eigenvalue weighted by Crippen LogP contribution is -2.38. The lowest BCUT2D eigenvalue weighted by Gasteiger charge is -2.33. The van der Waals surface area contributed by atoms with Gasteiger partial charge in [0, 0.05) is 33.4 Å². The van der Waals surface area contributed by atoms with Crippen molar-refractivity contribution in [1.29, 1.82) is 0 Å². The van der Waals surface area contributed by atoms with Crippen LogP contribution in [0.3, 0.4) is 0 Å². The SMILES string of the molecule is O=C(Nc1ccc(OC(F)(F)Cl)cc1)c1ccc2c(c1)NC(=O)C21CCC(Br)CC1. The molecule has 30 heavy (non-hydrogen) atoms. The second-order valence-electron chi connectivity index (χ2n) is 7.50. The Morgan fingerprint density at radius 2 is 1.87 bits per heavy atom. The summed E-state index contributed by atoms with van der Waals surface area (Å²) in [6, 6.07) is 10.6. The minimum atomic E-state index is -3.80. The zero-order valence-corrected chi connectivity index (χ0v) is 18.0. The molecule has 0 saturated heterocycles. The maximum Gasteiger partial charge on any atom is 0.487 e. The molecule has 0 unspecified atom stereocenters. The van der Waals surface area contributed by atoms with Gasteiger partial charge in [0.05, 0.1) is 5.41 Å². The van der Waals surface area contributed by atoms with Crippen molar-refractivity contribution < 1.29 is 23.1 Å². The van der Waals surface area contributed by atoms with Crippen molar-refractivity contribution in [3.63, 3.8) is 0 Å². The standard InChI is InChI=1S/C21H18BrClF2N2O3/c22-13-7-9-20(10-8-13)16-6-1-12(11-17(16)27-19(20)29)18(28)26-14-2-4-15(5-3-14)30-21(23,24)25/h1-6,11,13H,7-10H2,(H,26,28)(H,27,29). The molecule has 4 rings (SSSR count). The van der Waals surface area contributed by atoms with E-state index < -0.39 is 11.0 Å². The highest BCUT2D eigenvalue weighted by Gasteiger charge is 2.48. The number of alkyl halides is 4. The van der Waals surface area contributed by atoms with Crippen molar-refractivity contribution in [2.45, 2.75) is 41.5 Å². The van der Waals surface area contributed by atoms with Crippen LogP contribution >= 0.6 is 27.5 Å². The summed E-state index contributed by atoms with van der Waals surface area (Å²) in [4.78, 5) is 25.8. The molecule has 5 nitrogen and oxygen atoms in total. The molecule has 2 amide bonds. The van der Waals surface area contributed by atoms with Gasteiger partial charge in [0.1, 0.15) is 5.75 Å². The fourth-order valence-corrected chi connectivity index (χ4v) is 4.63. The average Bonchev–Trinajstić information content (AvgIpc) is 2.95. The van der Waals surface area contributed by atoms with Gasteiger partial charge in [0.15, 0.2) is 0 Å². The van der Waals surface area contributed by atoms with Gasteiger partial charge in [-0.25, -0.2) is 0 Å². The van der Waals surface area contributed by atoms with Gasteiger partial charge in [-0.3, -0.25) is 9.59 Å². The van der Waals surface area contributed by atoms with Crippen molar-refractivity contribution in [1.82, 2.24) is 0 Å². The smallest absolute Gasteiger partial charge is 0.420 e. The minimum Gasteiger partial charge on any atom is -0.420 e. The zero-order chi connectivity index (χ0) is 21.5. The van der Waals surface area contributed by atoms with Crippen molar-refractivity contribution in [2.24, 2.45) is 0 Å². The summed E-state index contributed by atoms with van der Waals surface area (Å²) in [5.41, 5.74) is -1.94. The van der Waals surface area contributed by atoms with E-state index in [1.165, 1.54) is 24.3 Å². The number of carbonyl (C=O) groups is 2. The second kappa shape index (κ2) is 7.81. The van der Waals surface area contributed by atoms with Crippen molar-refractivity contribution >= 4 is 50.7 Å². The molecule has 2 aliphatic rings. The largest absolute Gasteiger partial charge is 0.487 e. The lowest BCUT2D eigenvalue weighted by molar-refractivity contribution is -0.121. The van der Waals surface area contributed by atoms with Crippen LogP contribution in [0.4, 0.5) is 20.2 Å². The fraction of sp³-hybridized carbons (Fsp3) is 0.333. The Balaban J connectivity index is 1.49. The predicted octanol–water partition coefficient (Wildman–Crippen LogP) is 5.63. The summed E-state index contributed by atoms with van der Waals surface area (Å²) >= 11 is 8.36. The van der Waals surface area contributed by atoms with Crippen LogP contribution in [-0.2, 0) is 10.2 Å². The number of amides is 2. The molecule has 0 bridgehead atoms. The molecule has 1 fully saturated rings. The van der Waals surface area contributed by atoms with Crippen LogP contribution in [0.1, 0.15) is 41.6 Å². The van der Waals surface area contributed by atoms with Gasteiger partial charge < -0.3 is 15.4 Å². The van der Waals surface area contributed by atoms with E-state index in [-0.39, 0.29) is 17.6 Å². The highest BCUT2D eigenvalue weighted by Crippen LogP contribution is 2.48. The number of halogens is 4. The van der Waals surface area contributed by atoms with Crippen LogP contribution in [0.25, 0.3) is 0 Å². The van der Waals surface area contributed by atoms with Gasteiger partial charge in [0.2, 0.25) is 5.91 Å². The van der Waals surface area contributed by atoms with E-state index in [2.05, 4.69) is 31.3 Å². The number of benzene rings is 2. The van der Waals surface area contributed by atoms with E-state index in [4.69, 9.17) is 11.6 Å². The summed E-state index contributed by atoms with van der Waals surface area (Å²) in [7, 11) is 0. The number of fused-ring (bicyclic) bond motifs is 2. The number of nitrogens with one attached hydrogen (secondary N) is 2. The first kappa shape index (κ1) is 21.1. The Labute approximate surface area is 185 Å². The Bertz CT molecular complexity index is 987. The van der Waals surface area contributed by atoms with E-state index in [9.17, 15) is 18.4 Å². The Morgan fingerprint density at radius 1 is 1.20 bits per heavy atom. The van der Waals surface area contributed by atoms with Crippen LogP contribution in [0.5, 0.6) is 5.75 Å². The van der Waals surface area contributed by atoms with Gasteiger partial charge in [0.25, 0.3) is 5.91 Å². The predicted molar refractivity (Wildman–Crippen MR) is 114 cm³/mol. The summed E-state index contributed by atoms with van der Waals surface area (Å²) in [6.45, 7) is 0. The zero-order valence-electron chi connectivity index (χ0n) is 15.7. The number of hydrogen-bond acceptors (Lipinski definition) is 3. The van der Waals surface area contributed by atoms with E-state index in [0.717, 1.165) is 31.2 Å². The molecule has 1 saturated carbocycles. The Kier molecular flexibility index (Phi) is 5.48. The van der Waals surface area contributed by atoms with Gasteiger partial charge in [-0.2, -0.15) is 0 Å². The summed E-state index contributed by atoms with van der Waals surface area (Å²) < 4.78 is 29.6. The van der Waals surface area contributed by atoms with Crippen molar-refractivity contribution in [3.8, 4) is 5.75 Å². The number of carbonyl (C=O) groups excluding carboxylic acids is 2. The number of anilines is 2. The first-order chi connectivity index (χ1) is 14.2. The molecule has 2 aromatic rings. The third kappa shape index (κ3) is 4.16. The van der Waals surface area contributed by atoms with Crippen LogP contribution in [-0.4, -0.2) is 22.2 Å². The first-order valence-electron chi connectivity index (χ1n) is 9.43. The minimum absolute atomic E-state index is 0.0128. The van der Waals surface area contributed by atoms with Crippen LogP contribution in [0, 0.1) is 0 Å². The maximum atomic E-state index is 12.7. The number of rotatable bonds is 4. The third-order valence-electron chi connectivity index (χ3n) is 5.59. The molecule has 2 aromatic carbocycles. The summed E-state index contributed by atoms with van der Waals surface area (Å²) in [5, 5.41) is 5.62. The van der Waals surface area contributed by atoms with Crippen LogP contribution in [0.15, 0.2) is 42.5 Å². The molecule has 1 spiro atoms. The van der Waals surface area contributed by atoms with E-state index in [1.54, 1.807) is 12.1 Å². The third-order valence-corrected chi connectivity index (χ3v) is 6.59. The molecule has 2 N–H and O–H groups in total. The van der Waals surface area contributed by atoms with Crippen molar-refractivity contribution in [3.05, 3.63) is 53.6 Å². The van der Waals surface area contributed by atoms with Gasteiger partial charge >= 0.3 is 5.57 Å². The number of ether oxygens (including phenoxy) is 1. The van der Waals surface area contributed by atoms with E-state index in [1.807, 2.05) is 6.07 Å². The van der Waals surface area contributed by atoms with E-state index in [0.29, 0.717) is 21.8 Å². The molecule has 158 valence electrons. The van der Waals surface area contributed by atoms with Crippen molar-refractivity contribution in [2.75, 3.05) is 10.6 Å². The average molecular weight is 500 g/mol. The molecule has 9 heteroatoms. The molecule has 0 aromatic heterocycles. The summed E-state index contributed by atoms with van der Waals surface area (Å²) in [5.74, 6) is -0.522. The maximum absolute atomic E-state index is 12.7. The van der Waals surface area contributed by atoms with Crippen LogP contribution in [0.2, 0.25) is 0 Å². The normalized spacial score (nSPS) is 23.1. The van der Waals surface area contributed by atoms with Gasteiger partial charge in [-0.05, 0) is 67.6 Å². The van der Waals surface area contributed by atoms with E-state index >= 15 is 0 Å². The Hall–Kier alpha value is -2.19. The Morgan fingerprint density at radius 3 is 2.50 bits per heavy atom. The molecule has 1 aliphatic carbocycles. The molecule has 0 atom stereocenters. The molecular weight excluding hydrogens is 482 g/mol. The molecular formula is C21H18BrClF2N2O3. The van der Waals surface area contributed by atoms with Crippen LogP contribution < -0.4 is 15.4 Å². The highest BCUT2D eigenvalue weighted by atomic mass is 79.9. The topological polar surface area (TPSA) is 67.4 Å². The quantitative estimate of drug-likeness (QED) is 0.536. The first-order valence-corrected chi connectivity index (χ1v) is 10.7.